The summed E-state index contributed by atoms with van der Waals surface area (Å²) in [5.41, 5.74) is 2.43. The molecule has 0 rings (SSSR count). The SMILES string of the molecule is O=C(O)CNC(=O)CNC(=O)CNC(=O)CONCP. The molecule has 20 heavy (non-hydrogen) atoms. The number of hydrogen-bond acceptors (Lipinski definition) is 6. The lowest BCUT2D eigenvalue weighted by atomic mass is 10.5. The smallest absolute Gasteiger partial charge is 0.322 e. The lowest BCUT2D eigenvalue weighted by Crippen LogP contribution is -2.43. The maximum absolute atomic E-state index is 11.2. The van der Waals surface area contributed by atoms with Gasteiger partial charge in [0.2, 0.25) is 17.7 Å². The summed E-state index contributed by atoms with van der Waals surface area (Å²) in [6.07, 6.45) is 0.458. The lowest BCUT2D eigenvalue weighted by Gasteiger charge is -2.07. The standard InChI is InChI=1S/C9H17N4O6P/c14-6(2-11-8(16)4-19-13-5-20)10-1-7(15)12-3-9(17)18/h13H,1-5,20H2,(H,10,14)(H,11,16)(H,12,15)(H,17,18). The Morgan fingerprint density at radius 3 is 1.90 bits per heavy atom. The molecular formula is C9H17N4O6P. The van der Waals surface area contributed by atoms with E-state index in [4.69, 9.17) is 9.94 Å². The van der Waals surface area contributed by atoms with E-state index in [0.29, 0.717) is 6.29 Å². The number of nitrogens with one attached hydrogen (secondary N) is 4. The summed E-state index contributed by atoms with van der Waals surface area (Å²) in [4.78, 5) is 48.3. The van der Waals surface area contributed by atoms with Gasteiger partial charge in [0, 0.05) is 6.29 Å². The Morgan fingerprint density at radius 2 is 1.40 bits per heavy atom. The summed E-state index contributed by atoms with van der Waals surface area (Å²) < 4.78 is 0. The van der Waals surface area contributed by atoms with Crippen molar-refractivity contribution in [1.29, 1.82) is 0 Å². The van der Waals surface area contributed by atoms with Crippen LogP contribution in [0.4, 0.5) is 0 Å². The molecular weight excluding hydrogens is 291 g/mol. The third-order valence-electron chi connectivity index (χ3n) is 1.72. The highest BCUT2D eigenvalue weighted by molar-refractivity contribution is 7.16. The van der Waals surface area contributed by atoms with Gasteiger partial charge in [0.1, 0.15) is 13.2 Å². The van der Waals surface area contributed by atoms with Gasteiger partial charge < -0.3 is 21.1 Å². The van der Waals surface area contributed by atoms with Gasteiger partial charge >= 0.3 is 5.97 Å². The fraction of sp³-hybridized carbons (Fsp3) is 0.556. The van der Waals surface area contributed by atoms with Crippen LogP contribution < -0.4 is 21.4 Å². The number of carbonyl (C=O) groups excluding carboxylic acids is 3. The molecule has 0 bridgehead atoms. The third-order valence-corrected chi connectivity index (χ3v) is 1.88. The minimum absolute atomic E-state index is 0.249. The quantitative estimate of drug-likeness (QED) is 0.162. The van der Waals surface area contributed by atoms with E-state index in [1.807, 2.05) is 0 Å². The van der Waals surface area contributed by atoms with E-state index in [2.05, 4.69) is 30.7 Å². The van der Waals surface area contributed by atoms with Crippen LogP contribution in [0.2, 0.25) is 0 Å². The molecule has 0 saturated heterocycles. The van der Waals surface area contributed by atoms with Crippen LogP contribution in [0, 0.1) is 0 Å². The first-order valence-electron chi connectivity index (χ1n) is 5.52. The second-order valence-electron chi connectivity index (χ2n) is 3.36. The average Bonchev–Trinajstić information content (AvgIpc) is 2.40. The highest BCUT2D eigenvalue weighted by Gasteiger charge is 2.08. The van der Waals surface area contributed by atoms with Gasteiger partial charge in [0.05, 0.1) is 13.1 Å². The number of carbonyl (C=O) groups is 4. The van der Waals surface area contributed by atoms with Crippen LogP contribution in [-0.2, 0) is 24.0 Å². The first kappa shape index (κ1) is 18.2. The molecule has 3 amide bonds. The molecule has 1 unspecified atom stereocenters. The Hall–Kier alpha value is -1.77. The van der Waals surface area contributed by atoms with E-state index in [9.17, 15) is 19.2 Å². The maximum Gasteiger partial charge on any atom is 0.322 e. The van der Waals surface area contributed by atoms with E-state index in [-0.39, 0.29) is 19.7 Å². The molecule has 0 radical (unpaired) electrons. The van der Waals surface area contributed by atoms with Crippen LogP contribution >= 0.6 is 9.24 Å². The van der Waals surface area contributed by atoms with Crippen LogP contribution in [0.15, 0.2) is 0 Å². The van der Waals surface area contributed by atoms with E-state index in [1.165, 1.54) is 0 Å². The lowest BCUT2D eigenvalue weighted by molar-refractivity contribution is -0.138. The summed E-state index contributed by atoms with van der Waals surface area (Å²) in [7, 11) is 2.33. The molecule has 10 nitrogen and oxygen atoms in total. The van der Waals surface area contributed by atoms with Gasteiger partial charge in [-0.1, -0.05) is 0 Å². The number of amides is 3. The second kappa shape index (κ2) is 11.1. The largest absolute Gasteiger partial charge is 0.480 e. The zero-order chi connectivity index (χ0) is 15.4. The molecule has 0 aromatic heterocycles. The molecule has 1 atom stereocenters. The fourth-order valence-corrected chi connectivity index (χ4v) is 1.00. The normalized spacial score (nSPS) is 9.65. The Balaban J connectivity index is 3.65. The van der Waals surface area contributed by atoms with Crippen molar-refractivity contribution in [2.45, 2.75) is 0 Å². The van der Waals surface area contributed by atoms with Crippen molar-refractivity contribution in [2.75, 3.05) is 32.5 Å². The topological polar surface area (TPSA) is 146 Å². The van der Waals surface area contributed by atoms with E-state index in [1.54, 1.807) is 0 Å². The summed E-state index contributed by atoms with van der Waals surface area (Å²) in [5.74, 6) is -2.90. The van der Waals surface area contributed by atoms with Gasteiger partial charge in [-0.2, -0.15) is 5.48 Å². The van der Waals surface area contributed by atoms with Crippen molar-refractivity contribution >= 4 is 32.9 Å². The Bertz CT molecular complexity index is 364. The predicted molar refractivity (Wildman–Crippen MR) is 70.3 cm³/mol. The van der Waals surface area contributed by atoms with Crippen molar-refractivity contribution in [3.63, 3.8) is 0 Å². The fourth-order valence-electron chi connectivity index (χ4n) is 0.883. The van der Waals surface area contributed by atoms with Gasteiger partial charge in [0.25, 0.3) is 0 Å². The number of carboxylic acids is 1. The maximum atomic E-state index is 11.2. The first-order valence-corrected chi connectivity index (χ1v) is 6.34. The molecule has 0 aliphatic rings. The molecule has 11 heteroatoms. The number of hydrogen-bond donors (Lipinski definition) is 5. The molecule has 0 fully saturated rings. The van der Waals surface area contributed by atoms with Crippen molar-refractivity contribution in [2.24, 2.45) is 0 Å². The number of carboxylic acid groups (broad SMARTS) is 1. The highest BCUT2D eigenvalue weighted by Crippen LogP contribution is 1.75. The minimum Gasteiger partial charge on any atom is -0.480 e. The summed E-state index contributed by atoms with van der Waals surface area (Å²) in [5, 5.41) is 14.8. The summed E-state index contributed by atoms with van der Waals surface area (Å²) in [6.45, 7) is -1.45. The van der Waals surface area contributed by atoms with Crippen molar-refractivity contribution in [3.8, 4) is 0 Å². The van der Waals surface area contributed by atoms with Crippen LogP contribution in [0.3, 0.4) is 0 Å². The summed E-state index contributed by atoms with van der Waals surface area (Å²) in [6, 6.07) is 0. The molecule has 0 saturated carbocycles. The van der Waals surface area contributed by atoms with Crippen LogP contribution in [-0.4, -0.2) is 61.3 Å². The highest BCUT2D eigenvalue weighted by atomic mass is 31.0. The van der Waals surface area contributed by atoms with Gasteiger partial charge in [-0.25, -0.2) is 0 Å². The van der Waals surface area contributed by atoms with Gasteiger partial charge in [-0.05, 0) is 0 Å². The molecule has 0 aliphatic heterocycles. The Labute approximate surface area is 117 Å². The first-order chi connectivity index (χ1) is 9.45. The molecule has 0 aliphatic carbocycles. The van der Waals surface area contributed by atoms with Crippen molar-refractivity contribution < 1.29 is 29.1 Å². The number of hydroxylamine groups is 1. The molecule has 5 N–H and O–H groups in total. The van der Waals surface area contributed by atoms with E-state index >= 15 is 0 Å². The van der Waals surface area contributed by atoms with Crippen LogP contribution in [0.5, 0.6) is 0 Å². The molecule has 0 heterocycles. The minimum atomic E-state index is -1.18. The molecule has 0 aromatic rings. The molecule has 0 spiro atoms. The zero-order valence-electron chi connectivity index (χ0n) is 10.6. The third kappa shape index (κ3) is 11.3. The molecule has 0 aromatic carbocycles. The molecule has 114 valence electrons. The average molecular weight is 308 g/mol. The zero-order valence-corrected chi connectivity index (χ0v) is 11.8. The van der Waals surface area contributed by atoms with Crippen LogP contribution in [0.1, 0.15) is 0 Å². The van der Waals surface area contributed by atoms with Gasteiger partial charge in [-0.3, -0.25) is 24.0 Å². The summed E-state index contributed by atoms with van der Waals surface area (Å²) >= 11 is 0. The second-order valence-corrected chi connectivity index (χ2v) is 3.77. The van der Waals surface area contributed by atoms with Gasteiger partial charge in [0.15, 0.2) is 0 Å². The Morgan fingerprint density at radius 1 is 0.900 bits per heavy atom. The monoisotopic (exact) mass is 308 g/mol. The van der Waals surface area contributed by atoms with Crippen molar-refractivity contribution in [3.05, 3.63) is 0 Å². The predicted octanol–water partition coefficient (Wildman–Crippen LogP) is -3.23. The van der Waals surface area contributed by atoms with Crippen molar-refractivity contribution in [1.82, 2.24) is 21.4 Å². The van der Waals surface area contributed by atoms with E-state index < -0.39 is 30.2 Å². The number of rotatable bonds is 10. The van der Waals surface area contributed by atoms with E-state index in [0.717, 1.165) is 0 Å². The Kier molecular flexibility index (Phi) is 10.1. The van der Waals surface area contributed by atoms with Crippen LogP contribution in [0.25, 0.3) is 0 Å². The van der Waals surface area contributed by atoms with Gasteiger partial charge in [-0.15, -0.1) is 9.24 Å². The number of aliphatic carboxylic acids is 1.